The van der Waals surface area contributed by atoms with E-state index in [0.717, 1.165) is 24.3 Å². The molecular weight excluding hydrogens is 314 g/mol. The van der Waals surface area contributed by atoms with Gasteiger partial charge in [-0.15, -0.1) is 0 Å². The lowest BCUT2D eigenvalue weighted by molar-refractivity contribution is 0.335. The summed E-state index contributed by atoms with van der Waals surface area (Å²) >= 11 is 0. The molecule has 2 atom stereocenters. The second-order valence-electron chi connectivity index (χ2n) is 9.00. The number of hydrogen-bond acceptors (Lipinski definition) is 0. The summed E-state index contributed by atoms with van der Waals surface area (Å²) in [4.78, 5) is 0. The highest BCUT2D eigenvalue weighted by Crippen LogP contribution is 2.46. The van der Waals surface area contributed by atoms with Crippen molar-refractivity contribution in [1.29, 1.82) is 0 Å². The molecule has 0 saturated carbocycles. The molecule has 2 aliphatic carbocycles. The molecule has 5 rings (SSSR count). The topological polar surface area (TPSA) is 4.93 Å². The number of hydrogen-bond donors (Lipinski definition) is 0. The highest BCUT2D eigenvalue weighted by molar-refractivity contribution is 5.38. The van der Waals surface area contributed by atoms with Crippen LogP contribution in [0.3, 0.4) is 0 Å². The van der Waals surface area contributed by atoms with Crippen molar-refractivity contribution in [2.75, 3.05) is 0 Å². The number of fused-ring (bicyclic) bond motifs is 7. The van der Waals surface area contributed by atoms with E-state index < -0.39 is 0 Å². The van der Waals surface area contributed by atoms with Crippen LogP contribution in [0.4, 0.5) is 0 Å². The number of aryl methyl sites for hydroxylation is 1. The SMILES string of the molecule is CC(C)[C@H]1c2cc3n(Cc4ccccc4)c2C[C@@H]1CCCCCCCC3. The third-order valence-corrected chi connectivity index (χ3v) is 6.81. The predicted octanol–water partition coefficient (Wildman–Crippen LogP) is 6.74. The van der Waals surface area contributed by atoms with Gasteiger partial charge in [0.1, 0.15) is 0 Å². The van der Waals surface area contributed by atoms with Gasteiger partial charge < -0.3 is 4.57 Å². The molecule has 0 N–H and O–H groups in total. The number of aromatic nitrogens is 1. The third-order valence-electron chi connectivity index (χ3n) is 6.81. The van der Waals surface area contributed by atoms with Gasteiger partial charge in [-0.1, -0.05) is 76.3 Å². The summed E-state index contributed by atoms with van der Waals surface area (Å²) in [6.07, 6.45) is 12.5. The van der Waals surface area contributed by atoms with E-state index in [4.69, 9.17) is 0 Å². The zero-order chi connectivity index (χ0) is 17.9. The van der Waals surface area contributed by atoms with Gasteiger partial charge in [0.05, 0.1) is 0 Å². The summed E-state index contributed by atoms with van der Waals surface area (Å²) in [6.45, 7) is 5.95. The Kier molecular flexibility index (Phi) is 5.52. The maximum absolute atomic E-state index is 2.71. The highest BCUT2D eigenvalue weighted by Gasteiger charge is 2.37. The molecule has 140 valence electrons. The van der Waals surface area contributed by atoms with Crippen LogP contribution in [-0.4, -0.2) is 4.57 Å². The lowest BCUT2D eigenvalue weighted by Gasteiger charge is -2.24. The van der Waals surface area contributed by atoms with Crippen molar-refractivity contribution in [3.63, 3.8) is 0 Å². The number of benzene rings is 1. The van der Waals surface area contributed by atoms with E-state index in [1.54, 1.807) is 17.0 Å². The van der Waals surface area contributed by atoms with E-state index in [-0.39, 0.29) is 0 Å². The van der Waals surface area contributed by atoms with Gasteiger partial charge in [0.2, 0.25) is 0 Å². The van der Waals surface area contributed by atoms with Crippen LogP contribution in [0.15, 0.2) is 36.4 Å². The Balaban J connectivity index is 1.71. The first-order valence-electron chi connectivity index (χ1n) is 11.0. The van der Waals surface area contributed by atoms with Crippen molar-refractivity contribution in [2.45, 2.75) is 84.1 Å². The number of nitrogens with zero attached hydrogens (tertiary/aromatic N) is 1. The molecule has 0 saturated heterocycles. The molecule has 4 bridgehead atoms. The first-order valence-corrected chi connectivity index (χ1v) is 11.0. The van der Waals surface area contributed by atoms with Gasteiger partial charge in [-0.3, -0.25) is 0 Å². The summed E-state index contributed by atoms with van der Waals surface area (Å²) in [6, 6.07) is 13.7. The molecule has 3 aliphatic rings. The standard InChI is InChI=1S/C25H35N/c1-19(2)25-21-14-10-5-3-4-6-11-15-22-17-23(25)24(16-21)26(22)18-20-12-8-7-9-13-20/h7-9,12-13,17,19,21,25H,3-6,10-11,14-16,18H2,1-2H3/t21-,25+/m0/s1. The van der Waals surface area contributed by atoms with Gasteiger partial charge in [0, 0.05) is 17.9 Å². The molecule has 2 heterocycles. The van der Waals surface area contributed by atoms with Crippen molar-refractivity contribution in [3.8, 4) is 0 Å². The van der Waals surface area contributed by atoms with E-state index in [0.29, 0.717) is 0 Å². The van der Waals surface area contributed by atoms with Gasteiger partial charge in [-0.25, -0.2) is 0 Å². The average molecular weight is 350 g/mol. The Morgan fingerprint density at radius 1 is 0.962 bits per heavy atom. The highest BCUT2D eigenvalue weighted by atomic mass is 15.0. The Morgan fingerprint density at radius 2 is 1.69 bits per heavy atom. The fraction of sp³-hybridized carbons (Fsp3) is 0.600. The molecule has 1 aromatic heterocycles. The Bertz CT molecular complexity index is 709. The normalized spacial score (nSPS) is 23.7. The zero-order valence-electron chi connectivity index (χ0n) is 16.7. The summed E-state index contributed by atoms with van der Waals surface area (Å²) in [5, 5.41) is 0. The van der Waals surface area contributed by atoms with Crippen LogP contribution in [0.5, 0.6) is 0 Å². The average Bonchev–Trinajstić information content (AvgIpc) is 3.15. The first kappa shape index (κ1) is 17.9. The van der Waals surface area contributed by atoms with Crippen molar-refractivity contribution >= 4 is 0 Å². The molecule has 26 heavy (non-hydrogen) atoms. The molecule has 0 radical (unpaired) electrons. The number of rotatable bonds is 3. The molecule has 1 nitrogen and oxygen atoms in total. The van der Waals surface area contributed by atoms with Crippen LogP contribution < -0.4 is 0 Å². The molecule has 0 spiro atoms. The maximum Gasteiger partial charge on any atom is 0.0475 e. The van der Waals surface area contributed by atoms with E-state index in [9.17, 15) is 0 Å². The summed E-state index contributed by atoms with van der Waals surface area (Å²) in [5.74, 6) is 2.41. The predicted molar refractivity (Wildman–Crippen MR) is 111 cm³/mol. The minimum atomic E-state index is 0.756. The molecule has 0 fully saturated rings. The summed E-state index contributed by atoms with van der Waals surface area (Å²) in [5.41, 5.74) is 6.42. The van der Waals surface area contributed by atoms with Crippen molar-refractivity contribution in [3.05, 3.63) is 58.9 Å². The van der Waals surface area contributed by atoms with E-state index in [1.807, 2.05) is 0 Å². The summed E-state index contributed by atoms with van der Waals surface area (Å²) in [7, 11) is 0. The molecule has 0 amide bonds. The largest absolute Gasteiger partial charge is 0.344 e. The van der Waals surface area contributed by atoms with Crippen molar-refractivity contribution < 1.29 is 0 Å². The molecule has 1 aliphatic heterocycles. The van der Waals surface area contributed by atoms with Crippen LogP contribution in [0.1, 0.15) is 87.2 Å². The lowest BCUT2D eigenvalue weighted by Crippen LogP contribution is -2.15. The second kappa shape index (κ2) is 8.03. The van der Waals surface area contributed by atoms with Crippen LogP contribution in [-0.2, 0) is 19.4 Å². The van der Waals surface area contributed by atoms with E-state index in [2.05, 4.69) is 54.8 Å². The lowest BCUT2D eigenvalue weighted by atomic mass is 9.80. The van der Waals surface area contributed by atoms with Crippen LogP contribution >= 0.6 is 0 Å². The second-order valence-corrected chi connectivity index (χ2v) is 9.00. The maximum atomic E-state index is 2.71. The zero-order valence-corrected chi connectivity index (χ0v) is 16.7. The van der Waals surface area contributed by atoms with Crippen molar-refractivity contribution in [1.82, 2.24) is 4.57 Å². The van der Waals surface area contributed by atoms with Gasteiger partial charge in [-0.2, -0.15) is 0 Å². The minimum absolute atomic E-state index is 0.756. The molecule has 2 aromatic rings. The van der Waals surface area contributed by atoms with Crippen LogP contribution in [0, 0.1) is 11.8 Å². The van der Waals surface area contributed by atoms with Gasteiger partial charge in [-0.05, 0) is 60.6 Å². The van der Waals surface area contributed by atoms with E-state index >= 15 is 0 Å². The van der Waals surface area contributed by atoms with Crippen LogP contribution in [0.2, 0.25) is 0 Å². The Labute approximate surface area is 159 Å². The van der Waals surface area contributed by atoms with Gasteiger partial charge >= 0.3 is 0 Å². The fourth-order valence-electron chi connectivity index (χ4n) is 5.59. The Morgan fingerprint density at radius 3 is 2.46 bits per heavy atom. The van der Waals surface area contributed by atoms with Gasteiger partial charge in [0.25, 0.3) is 0 Å². The quantitative estimate of drug-likeness (QED) is 0.578. The Hall–Kier alpha value is -1.50. The molecular formula is C25H35N. The fourth-order valence-corrected chi connectivity index (χ4v) is 5.59. The smallest absolute Gasteiger partial charge is 0.0475 e. The monoisotopic (exact) mass is 349 g/mol. The first-order chi connectivity index (χ1) is 12.7. The molecule has 1 aromatic carbocycles. The van der Waals surface area contributed by atoms with Crippen molar-refractivity contribution in [2.24, 2.45) is 11.8 Å². The van der Waals surface area contributed by atoms with E-state index in [1.165, 1.54) is 63.4 Å². The molecule has 0 unspecified atom stereocenters. The third kappa shape index (κ3) is 3.63. The summed E-state index contributed by atoms with van der Waals surface area (Å²) < 4.78 is 2.71. The molecule has 1 heteroatoms. The van der Waals surface area contributed by atoms with Crippen LogP contribution in [0.25, 0.3) is 0 Å². The minimum Gasteiger partial charge on any atom is -0.344 e. The van der Waals surface area contributed by atoms with Gasteiger partial charge in [0.15, 0.2) is 0 Å².